The van der Waals surface area contributed by atoms with E-state index in [-0.39, 0.29) is 29.2 Å². The number of rotatable bonds is 4. The Balaban J connectivity index is 2.18. The molecule has 0 fully saturated rings. The van der Waals surface area contributed by atoms with Gasteiger partial charge in [0, 0.05) is 0 Å². The van der Waals surface area contributed by atoms with Gasteiger partial charge in [-0.2, -0.15) is 5.26 Å². The van der Waals surface area contributed by atoms with Crippen molar-refractivity contribution >= 4 is 5.91 Å². The van der Waals surface area contributed by atoms with Crippen LogP contribution in [-0.2, 0) is 6.61 Å². The summed E-state index contributed by atoms with van der Waals surface area (Å²) in [5, 5.41) is 8.86. The maximum absolute atomic E-state index is 13.4. The quantitative estimate of drug-likeness (QED) is 0.500. The number of nitrogen functional groups attached to an aromatic ring is 1. The minimum Gasteiger partial charge on any atom is -0.484 e. The molecule has 7 heteroatoms. The Hall–Kier alpha value is -2.85. The SMILES string of the molecule is N#Cc1c(F)cccc1OCc1occc1C(=O)NN. The van der Waals surface area contributed by atoms with Gasteiger partial charge in [0.1, 0.15) is 29.8 Å². The Labute approximate surface area is 113 Å². The molecule has 0 aliphatic rings. The zero-order chi connectivity index (χ0) is 14.5. The number of hydrogen-bond donors (Lipinski definition) is 2. The lowest BCUT2D eigenvalue weighted by Crippen LogP contribution is -2.30. The number of nitrogens with two attached hydrogens (primary N) is 1. The minimum absolute atomic E-state index is 0.0722. The molecule has 0 spiro atoms. The van der Waals surface area contributed by atoms with Gasteiger partial charge in [0.15, 0.2) is 5.76 Å². The first-order chi connectivity index (χ1) is 9.67. The fraction of sp³-hybridized carbons (Fsp3) is 0.0769. The Kier molecular flexibility index (Phi) is 3.98. The first-order valence-electron chi connectivity index (χ1n) is 5.56. The summed E-state index contributed by atoms with van der Waals surface area (Å²) in [6.07, 6.45) is 1.31. The number of nitriles is 1. The second kappa shape index (κ2) is 5.86. The molecule has 1 heterocycles. The lowest BCUT2D eigenvalue weighted by Gasteiger charge is -2.07. The summed E-state index contributed by atoms with van der Waals surface area (Å²) in [5.74, 6) is 4.12. The lowest BCUT2D eigenvalue weighted by atomic mass is 10.2. The smallest absolute Gasteiger partial charge is 0.268 e. The molecule has 3 N–H and O–H groups in total. The second-order valence-electron chi connectivity index (χ2n) is 3.74. The standard InChI is InChI=1S/C13H10FN3O3/c14-10-2-1-3-11(9(10)6-15)20-7-12-8(4-5-19-12)13(18)17-16/h1-5H,7,16H2,(H,17,18). The van der Waals surface area contributed by atoms with E-state index < -0.39 is 11.7 Å². The Morgan fingerprint density at radius 1 is 1.50 bits per heavy atom. The molecular weight excluding hydrogens is 265 g/mol. The maximum Gasteiger partial charge on any atom is 0.268 e. The van der Waals surface area contributed by atoms with Crippen LogP contribution in [-0.4, -0.2) is 5.91 Å². The third kappa shape index (κ3) is 2.60. The highest BCUT2D eigenvalue weighted by Crippen LogP contribution is 2.22. The van der Waals surface area contributed by atoms with E-state index in [1.807, 2.05) is 5.43 Å². The predicted molar refractivity (Wildman–Crippen MR) is 65.8 cm³/mol. The fourth-order valence-corrected chi connectivity index (χ4v) is 1.61. The summed E-state index contributed by atoms with van der Waals surface area (Å²) in [7, 11) is 0. The summed E-state index contributed by atoms with van der Waals surface area (Å²) in [4.78, 5) is 11.4. The molecule has 20 heavy (non-hydrogen) atoms. The summed E-state index contributed by atoms with van der Waals surface area (Å²) in [6, 6.07) is 7.17. The average Bonchev–Trinajstić information content (AvgIpc) is 2.92. The van der Waals surface area contributed by atoms with Crippen molar-refractivity contribution < 1.29 is 18.3 Å². The van der Waals surface area contributed by atoms with E-state index in [0.717, 1.165) is 6.07 Å². The molecule has 1 aromatic carbocycles. The van der Waals surface area contributed by atoms with Crippen LogP contribution in [0.4, 0.5) is 4.39 Å². The van der Waals surface area contributed by atoms with Crippen LogP contribution < -0.4 is 16.0 Å². The van der Waals surface area contributed by atoms with Gasteiger partial charge in [-0.15, -0.1) is 0 Å². The summed E-state index contributed by atoms with van der Waals surface area (Å²) >= 11 is 0. The first-order valence-corrected chi connectivity index (χ1v) is 5.56. The second-order valence-corrected chi connectivity index (χ2v) is 3.74. The van der Waals surface area contributed by atoms with Crippen molar-refractivity contribution in [1.29, 1.82) is 5.26 Å². The van der Waals surface area contributed by atoms with Gasteiger partial charge < -0.3 is 9.15 Å². The molecule has 0 saturated heterocycles. The van der Waals surface area contributed by atoms with Crippen molar-refractivity contribution in [2.45, 2.75) is 6.61 Å². The molecule has 1 amide bonds. The Bertz CT molecular complexity index is 676. The number of ether oxygens (including phenoxy) is 1. The Morgan fingerprint density at radius 3 is 3.00 bits per heavy atom. The van der Waals surface area contributed by atoms with Gasteiger partial charge >= 0.3 is 0 Å². The van der Waals surface area contributed by atoms with Crippen molar-refractivity contribution in [2.24, 2.45) is 5.84 Å². The molecule has 102 valence electrons. The van der Waals surface area contributed by atoms with E-state index in [1.165, 1.54) is 24.5 Å². The van der Waals surface area contributed by atoms with Crippen molar-refractivity contribution in [1.82, 2.24) is 5.43 Å². The van der Waals surface area contributed by atoms with Crippen LogP contribution in [0.1, 0.15) is 21.7 Å². The van der Waals surface area contributed by atoms with Gasteiger partial charge in [0.05, 0.1) is 11.8 Å². The van der Waals surface area contributed by atoms with Crippen LogP contribution in [0.5, 0.6) is 5.75 Å². The van der Waals surface area contributed by atoms with Crippen molar-refractivity contribution in [3.05, 3.63) is 53.2 Å². The molecule has 6 nitrogen and oxygen atoms in total. The highest BCUT2D eigenvalue weighted by molar-refractivity contribution is 5.94. The molecule has 0 atom stereocenters. The zero-order valence-corrected chi connectivity index (χ0v) is 10.2. The van der Waals surface area contributed by atoms with Crippen molar-refractivity contribution in [3.8, 4) is 11.8 Å². The number of hydrazine groups is 1. The van der Waals surface area contributed by atoms with Gasteiger partial charge in [-0.1, -0.05) is 6.07 Å². The molecule has 1 aromatic heterocycles. The Morgan fingerprint density at radius 2 is 2.30 bits per heavy atom. The summed E-state index contributed by atoms with van der Waals surface area (Å²) in [6.45, 7) is -0.131. The average molecular weight is 275 g/mol. The van der Waals surface area contributed by atoms with Gasteiger partial charge in [0.2, 0.25) is 0 Å². The zero-order valence-electron chi connectivity index (χ0n) is 10.2. The monoisotopic (exact) mass is 275 g/mol. The van der Waals surface area contributed by atoms with E-state index in [0.29, 0.717) is 0 Å². The number of nitrogens with one attached hydrogen (secondary N) is 1. The number of benzene rings is 1. The van der Waals surface area contributed by atoms with Crippen LogP contribution in [0.3, 0.4) is 0 Å². The van der Waals surface area contributed by atoms with E-state index in [1.54, 1.807) is 6.07 Å². The third-order valence-corrected chi connectivity index (χ3v) is 2.57. The molecule has 0 saturated carbocycles. The van der Waals surface area contributed by atoms with Gasteiger partial charge in [0.25, 0.3) is 5.91 Å². The fourth-order valence-electron chi connectivity index (χ4n) is 1.61. The number of furan rings is 1. The number of carbonyl (C=O) groups excluding carboxylic acids is 1. The van der Waals surface area contributed by atoms with Crippen LogP contribution in [0, 0.1) is 17.1 Å². The molecule has 2 rings (SSSR count). The predicted octanol–water partition coefficient (Wildman–Crippen LogP) is 1.47. The van der Waals surface area contributed by atoms with Crippen LogP contribution in [0.25, 0.3) is 0 Å². The molecular formula is C13H10FN3O3. The van der Waals surface area contributed by atoms with Crippen molar-refractivity contribution in [2.75, 3.05) is 0 Å². The van der Waals surface area contributed by atoms with E-state index in [2.05, 4.69) is 0 Å². The summed E-state index contributed by atoms with van der Waals surface area (Å²) < 4.78 is 23.8. The van der Waals surface area contributed by atoms with Gasteiger partial charge in [-0.05, 0) is 18.2 Å². The molecule has 2 aromatic rings. The highest BCUT2D eigenvalue weighted by Gasteiger charge is 2.15. The summed E-state index contributed by atoms with van der Waals surface area (Å²) in [5.41, 5.74) is 1.98. The highest BCUT2D eigenvalue weighted by atomic mass is 19.1. The van der Waals surface area contributed by atoms with Crippen molar-refractivity contribution in [3.63, 3.8) is 0 Å². The minimum atomic E-state index is -0.677. The van der Waals surface area contributed by atoms with Crippen LogP contribution in [0.15, 0.2) is 34.9 Å². The number of carbonyl (C=O) groups is 1. The maximum atomic E-state index is 13.4. The molecule has 0 radical (unpaired) electrons. The normalized spacial score (nSPS) is 9.85. The number of amides is 1. The van der Waals surface area contributed by atoms with E-state index >= 15 is 0 Å². The first kappa shape index (κ1) is 13.6. The lowest BCUT2D eigenvalue weighted by molar-refractivity contribution is 0.0949. The van der Waals surface area contributed by atoms with Crippen LogP contribution >= 0.6 is 0 Å². The molecule has 0 unspecified atom stereocenters. The van der Waals surface area contributed by atoms with E-state index in [4.69, 9.17) is 20.3 Å². The third-order valence-electron chi connectivity index (χ3n) is 2.57. The topological polar surface area (TPSA) is 101 Å². The van der Waals surface area contributed by atoms with Gasteiger partial charge in [-0.3, -0.25) is 10.2 Å². The van der Waals surface area contributed by atoms with Crippen LogP contribution in [0.2, 0.25) is 0 Å². The molecule has 0 aliphatic heterocycles. The number of halogens is 1. The van der Waals surface area contributed by atoms with E-state index in [9.17, 15) is 9.18 Å². The number of hydrogen-bond acceptors (Lipinski definition) is 5. The van der Waals surface area contributed by atoms with Gasteiger partial charge in [-0.25, -0.2) is 10.2 Å². The number of nitrogens with zero attached hydrogens (tertiary/aromatic N) is 1. The largest absolute Gasteiger partial charge is 0.484 e. The molecule has 0 aliphatic carbocycles. The molecule has 0 bridgehead atoms.